The van der Waals surface area contributed by atoms with E-state index in [1.807, 2.05) is 0 Å². The lowest BCUT2D eigenvalue weighted by Gasteiger charge is -2.23. The highest BCUT2D eigenvalue weighted by atomic mass is 32.2. The Morgan fingerprint density at radius 1 is 1.08 bits per heavy atom. The molecule has 1 heterocycles. The lowest BCUT2D eigenvalue weighted by atomic mass is 10.1. The highest BCUT2D eigenvalue weighted by Gasteiger charge is 2.07. The first-order valence-electron chi connectivity index (χ1n) is 5.31. The van der Waals surface area contributed by atoms with Crippen LogP contribution in [0.15, 0.2) is 0 Å². The predicted molar refractivity (Wildman–Crippen MR) is 58.5 cm³/mol. The van der Waals surface area contributed by atoms with Crippen molar-refractivity contribution in [3.05, 3.63) is 0 Å². The molecule has 0 radical (unpaired) electrons. The molecule has 1 atom stereocenters. The fraction of sp³-hybridized carbons (Fsp3) is 1.00. The molecule has 0 saturated carbocycles. The van der Waals surface area contributed by atoms with Gasteiger partial charge in [0.25, 0.3) is 0 Å². The van der Waals surface area contributed by atoms with E-state index in [1.165, 1.54) is 45.2 Å². The third-order valence-electron chi connectivity index (χ3n) is 2.64. The molecule has 13 heavy (non-hydrogen) atoms. The van der Waals surface area contributed by atoms with Gasteiger partial charge in [-0.25, -0.2) is 0 Å². The summed E-state index contributed by atoms with van der Waals surface area (Å²) in [6.07, 6.45) is 8.63. The smallest absolute Gasteiger partial charge is 0.0359 e. The summed E-state index contributed by atoms with van der Waals surface area (Å²) in [6.45, 7) is 3.47. The summed E-state index contributed by atoms with van der Waals surface area (Å²) in [4.78, 5) is 2.47. The van der Waals surface area contributed by atoms with Gasteiger partial charge in [0.2, 0.25) is 0 Å². The van der Waals surface area contributed by atoms with Crippen molar-refractivity contribution in [2.24, 2.45) is 0 Å². The Labute approximate surface area is 84.2 Å². The average molecular weight is 203 g/mol. The van der Waals surface area contributed by atoms with Crippen LogP contribution in [0, 0.1) is 0 Å². The maximum absolute atomic E-state index is 10.9. The summed E-state index contributed by atoms with van der Waals surface area (Å²) in [5.41, 5.74) is 0. The Balaban J connectivity index is 2.17. The predicted octanol–water partition coefficient (Wildman–Crippen LogP) is 1.63. The summed E-state index contributed by atoms with van der Waals surface area (Å²) in [5.74, 6) is 0.847. The Kier molecular flexibility index (Phi) is 5.63. The first-order chi connectivity index (χ1) is 6.29. The molecule has 0 aromatic rings. The van der Waals surface area contributed by atoms with Crippen molar-refractivity contribution in [3.8, 4) is 0 Å². The first-order valence-corrected chi connectivity index (χ1v) is 7.04. The zero-order valence-corrected chi connectivity index (χ0v) is 9.44. The molecule has 0 bridgehead atoms. The topological polar surface area (TPSA) is 20.3 Å². The molecular weight excluding hydrogens is 182 g/mol. The van der Waals surface area contributed by atoms with Crippen molar-refractivity contribution in [2.75, 3.05) is 31.6 Å². The molecule has 1 fully saturated rings. The SMILES string of the molecule is CS(=O)CCN1CCCCCCC1. The molecule has 0 aliphatic carbocycles. The number of likely N-dealkylation sites (tertiary alicyclic amines) is 1. The van der Waals surface area contributed by atoms with Gasteiger partial charge in [-0.15, -0.1) is 0 Å². The van der Waals surface area contributed by atoms with E-state index >= 15 is 0 Å². The van der Waals surface area contributed by atoms with E-state index in [4.69, 9.17) is 0 Å². The van der Waals surface area contributed by atoms with Crippen LogP contribution in [0.4, 0.5) is 0 Å². The van der Waals surface area contributed by atoms with Crippen LogP contribution in [-0.2, 0) is 10.8 Å². The first kappa shape index (κ1) is 11.2. The van der Waals surface area contributed by atoms with E-state index in [2.05, 4.69) is 4.90 Å². The molecular formula is C10H21NOS. The second kappa shape index (κ2) is 6.55. The number of hydrogen-bond donors (Lipinski definition) is 0. The van der Waals surface area contributed by atoms with Gasteiger partial charge >= 0.3 is 0 Å². The van der Waals surface area contributed by atoms with Crippen LogP contribution in [0.25, 0.3) is 0 Å². The van der Waals surface area contributed by atoms with Crippen LogP contribution in [0.1, 0.15) is 32.1 Å². The Hall–Kier alpha value is 0.110. The maximum atomic E-state index is 10.9. The molecule has 2 nitrogen and oxygen atoms in total. The molecule has 1 aliphatic heterocycles. The fourth-order valence-corrected chi connectivity index (χ4v) is 2.31. The van der Waals surface area contributed by atoms with Gasteiger partial charge in [-0.1, -0.05) is 19.3 Å². The zero-order valence-electron chi connectivity index (χ0n) is 8.63. The second-order valence-electron chi connectivity index (χ2n) is 3.89. The van der Waals surface area contributed by atoms with Crippen LogP contribution >= 0.6 is 0 Å². The number of nitrogens with zero attached hydrogens (tertiary/aromatic N) is 1. The molecule has 1 rings (SSSR count). The molecule has 3 heteroatoms. The summed E-state index contributed by atoms with van der Waals surface area (Å²) >= 11 is 0. The van der Waals surface area contributed by atoms with Crippen LogP contribution in [0.3, 0.4) is 0 Å². The van der Waals surface area contributed by atoms with E-state index in [9.17, 15) is 4.21 Å². The van der Waals surface area contributed by atoms with Crippen LogP contribution in [0.2, 0.25) is 0 Å². The zero-order chi connectivity index (χ0) is 9.52. The largest absolute Gasteiger partial charge is 0.302 e. The quantitative estimate of drug-likeness (QED) is 0.695. The Morgan fingerprint density at radius 3 is 2.15 bits per heavy atom. The third kappa shape index (κ3) is 5.42. The van der Waals surface area contributed by atoms with Crippen LogP contribution in [0.5, 0.6) is 0 Å². The number of hydrogen-bond acceptors (Lipinski definition) is 2. The van der Waals surface area contributed by atoms with E-state index < -0.39 is 10.8 Å². The minimum absolute atomic E-state index is 0.619. The molecule has 0 N–H and O–H groups in total. The summed E-state index contributed by atoms with van der Waals surface area (Å²) in [5, 5.41) is 0. The van der Waals surface area contributed by atoms with Gasteiger partial charge in [0.05, 0.1) is 0 Å². The maximum Gasteiger partial charge on any atom is 0.0359 e. The molecule has 0 amide bonds. The molecule has 1 saturated heterocycles. The Bertz CT molecular complexity index is 153. The fourth-order valence-electron chi connectivity index (χ4n) is 1.79. The summed E-state index contributed by atoms with van der Waals surface area (Å²) < 4.78 is 10.9. The average Bonchev–Trinajstić information content (AvgIpc) is 2.01. The molecule has 0 aromatic heterocycles. The lowest BCUT2D eigenvalue weighted by Crippen LogP contribution is -2.30. The third-order valence-corrected chi connectivity index (χ3v) is 3.40. The molecule has 0 spiro atoms. The molecule has 1 aliphatic rings. The minimum Gasteiger partial charge on any atom is -0.302 e. The Morgan fingerprint density at radius 2 is 1.62 bits per heavy atom. The molecule has 0 aromatic carbocycles. The van der Waals surface area contributed by atoms with Gasteiger partial charge in [-0.05, 0) is 25.9 Å². The van der Waals surface area contributed by atoms with Crippen molar-refractivity contribution in [1.29, 1.82) is 0 Å². The highest BCUT2D eigenvalue weighted by molar-refractivity contribution is 7.84. The van der Waals surface area contributed by atoms with Crippen LogP contribution in [-0.4, -0.2) is 40.8 Å². The van der Waals surface area contributed by atoms with Gasteiger partial charge in [-0.3, -0.25) is 4.21 Å². The van der Waals surface area contributed by atoms with Gasteiger partial charge < -0.3 is 4.90 Å². The number of rotatable bonds is 3. The van der Waals surface area contributed by atoms with Crippen molar-refractivity contribution < 1.29 is 4.21 Å². The second-order valence-corrected chi connectivity index (χ2v) is 5.44. The lowest BCUT2D eigenvalue weighted by molar-refractivity contribution is 0.261. The van der Waals surface area contributed by atoms with Crippen molar-refractivity contribution in [1.82, 2.24) is 4.90 Å². The van der Waals surface area contributed by atoms with Crippen molar-refractivity contribution >= 4 is 10.8 Å². The van der Waals surface area contributed by atoms with Crippen molar-refractivity contribution in [3.63, 3.8) is 0 Å². The van der Waals surface area contributed by atoms with E-state index in [0.29, 0.717) is 0 Å². The highest BCUT2D eigenvalue weighted by Crippen LogP contribution is 2.09. The molecule has 1 unspecified atom stereocenters. The van der Waals surface area contributed by atoms with Gasteiger partial charge in [0, 0.05) is 29.4 Å². The minimum atomic E-state index is -0.619. The van der Waals surface area contributed by atoms with E-state index in [1.54, 1.807) is 6.26 Å². The van der Waals surface area contributed by atoms with E-state index in [-0.39, 0.29) is 0 Å². The van der Waals surface area contributed by atoms with Crippen molar-refractivity contribution in [2.45, 2.75) is 32.1 Å². The summed E-state index contributed by atoms with van der Waals surface area (Å²) in [7, 11) is -0.619. The monoisotopic (exact) mass is 203 g/mol. The van der Waals surface area contributed by atoms with E-state index in [0.717, 1.165) is 12.3 Å². The standard InChI is InChI=1S/C10H21NOS/c1-13(12)10-9-11-7-5-3-2-4-6-8-11/h2-10H2,1H3. The summed E-state index contributed by atoms with van der Waals surface area (Å²) in [6, 6.07) is 0. The normalized spacial score (nSPS) is 23.5. The van der Waals surface area contributed by atoms with Gasteiger partial charge in [-0.2, -0.15) is 0 Å². The van der Waals surface area contributed by atoms with Gasteiger partial charge in [0.15, 0.2) is 0 Å². The molecule has 78 valence electrons. The van der Waals surface area contributed by atoms with Crippen LogP contribution < -0.4 is 0 Å². The van der Waals surface area contributed by atoms with Gasteiger partial charge in [0.1, 0.15) is 0 Å².